The van der Waals surface area contributed by atoms with Crippen LogP contribution >= 0.6 is 23.2 Å². The molecule has 4 rings (SSSR count). The molecule has 140 valence electrons. The fourth-order valence-electron chi connectivity index (χ4n) is 3.00. The summed E-state index contributed by atoms with van der Waals surface area (Å²) in [7, 11) is 1.55. The lowest BCUT2D eigenvalue weighted by Crippen LogP contribution is -2.05. The van der Waals surface area contributed by atoms with Crippen LogP contribution in [0, 0.1) is 0 Å². The molecule has 0 amide bonds. The van der Waals surface area contributed by atoms with E-state index in [1.54, 1.807) is 31.5 Å². The maximum absolute atomic E-state index is 13.0. The van der Waals surface area contributed by atoms with Crippen LogP contribution in [-0.2, 0) is 6.42 Å². The van der Waals surface area contributed by atoms with Crippen molar-refractivity contribution in [3.8, 4) is 17.2 Å². The summed E-state index contributed by atoms with van der Waals surface area (Å²) >= 11 is 12.3. The van der Waals surface area contributed by atoms with Crippen LogP contribution in [0.5, 0.6) is 5.75 Å². The van der Waals surface area contributed by atoms with E-state index in [1.165, 1.54) is 12.4 Å². The Morgan fingerprint density at radius 3 is 2.61 bits per heavy atom. The molecule has 0 fully saturated rings. The molecule has 0 aliphatic rings. The third kappa shape index (κ3) is 3.35. The van der Waals surface area contributed by atoms with Gasteiger partial charge >= 0.3 is 0 Å². The van der Waals surface area contributed by atoms with E-state index < -0.39 is 0 Å². The number of furan rings is 1. The SMILES string of the molecule is COc1ccc(C(=O)Cc2c(Cl)cncc2Cl)c2cc(-c3ccccn3)oc12. The lowest BCUT2D eigenvalue weighted by Gasteiger charge is -2.08. The van der Waals surface area contributed by atoms with Gasteiger partial charge in [0.2, 0.25) is 0 Å². The monoisotopic (exact) mass is 412 g/mol. The molecule has 28 heavy (non-hydrogen) atoms. The second-order valence-electron chi connectivity index (χ2n) is 6.07. The highest BCUT2D eigenvalue weighted by atomic mass is 35.5. The van der Waals surface area contributed by atoms with Gasteiger partial charge in [-0.05, 0) is 30.3 Å². The van der Waals surface area contributed by atoms with Gasteiger partial charge in [-0.25, -0.2) is 0 Å². The van der Waals surface area contributed by atoms with Crippen LogP contribution in [0.25, 0.3) is 22.4 Å². The predicted octanol–water partition coefficient (Wildman–Crippen LogP) is 5.63. The zero-order chi connectivity index (χ0) is 19.7. The molecule has 4 aromatic rings. The van der Waals surface area contributed by atoms with Crippen LogP contribution in [-0.4, -0.2) is 22.9 Å². The van der Waals surface area contributed by atoms with Crippen molar-refractivity contribution in [2.45, 2.75) is 6.42 Å². The Bertz CT molecular complexity index is 1150. The summed E-state index contributed by atoms with van der Waals surface area (Å²) in [5.74, 6) is 0.943. The van der Waals surface area contributed by atoms with Gasteiger partial charge in [0.25, 0.3) is 0 Å². The number of carbonyl (C=O) groups excluding carboxylic acids is 1. The van der Waals surface area contributed by atoms with Gasteiger partial charge < -0.3 is 9.15 Å². The summed E-state index contributed by atoms with van der Waals surface area (Å²) in [5, 5.41) is 1.35. The van der Waals surface area contributed by atoms with Crippen molar-refractivity contribution in [2.75, 3.05) is 7.11 Å². The topological polar surface area (TPSA) is 65.2 Å². The zero-order valence-electron chi connectivity index (χ0n) is 14.8. The minimum Gasteiger partial charge on any atom is -0.493 e. The minimum absolute atomic E-state index is 0.0473. The molecule has 5 nitrogen and oxygen atoms in total. The van der Waals surface area contributed by atoms with Gasteiger partial charge in [0, 0.05) is 41.5 Å². The van der Waals surface area contributed by atoms with E-state index in [0.29, 0.717) is 49.3 Å². The summed E-state index contributed by atoms with van der Waals surface area (Å²) in [4.78, 5) is 21.3. The fourth-order valence-corrected chi connectivity index (χ4v) is 3.50. The Morgan fingerprint density at radius 1 is 1.14 bits per heavy atom. The van der Waals surface area contributed by atoms with Gasteiger partial charge in [-0.3, -0.25) is 14.8 Å². The fraction of sp³-hybridized carbons (Fsp3) is 0.0952. The molecule has 0 saturated carbocycles. The first kappa shape index (κ1) is 18.5. The first-order chi connectivity index (χ1) is 13.6. The first-order valence-corrected chi connectivity index (χ1v) is 9.17. The molecule has 0 atom stereocenters. The molecule has 0 unspecified atom stereocenters. The molecule has 0 saturated heterocycles. The average Bonchev–Trinajstić information content (AvgIpc) is 3.16. The minimum atomic E-state index is -0.143. The third-order valence-corrected chi connectivity index (χ3v) is 5.03. The second-order valence-corrected chi connectivity index (χ2v) is 6.88. The number of ketones is 1. The largest absolute Gasteiger partial charge is 0.493 e. The van der Waals surface area contributed by atoms with E-state index in [9.17, 15) is 4.79 Å². The number of ether oxygens (including phenoxy) is 1. The molecular weight excluding hydrogens is 399 g/mol. The highest BCUT2D eigenvalue weighted by Gasteiger charge is 2.20. The molecule has 0 spiro atoms. The molecular formula is C21H14Cl2N2O3. The Labute approximate surface area is 170 Å². The van der Waals surface area contributed by atoms with Crippen molar-refractivity contribution < 1.29 is 13.9 Å². The smallest absolute Gasteiger partial charge is 0.177 e. The van der Waals surface area contributed by atoms with Crippen molar-refractivity contribution >= 4 is 40.0 Å². The Morgan fingerprint density at radius 2 is 1.93 bits per heavy atom. The molecule has 3 aromatic heterocycles. The van der Waals surface area contributed by atoms with Crippen LogP contribution in [0.15, 0.2) is 59.4 Å². The number of methoxy groups -OCH3 is 1. The second kappa shape index (κ2) is 7.62. The predicted molar refractivity (Wildman–Crippen MR) is 108 cm³/mol. The third-order valence-electron chi connectivity index (χ3n) is 4.37. The zero-order valence-corrected chi connectivity index (χ0v) is 16.3. The number of Topliss-reactive ketones (excluding diaryl/α,β-unsaturated/α-hetero) is 1. The number of hydrogen-bond donors (Lipinski definition) is 0. The number of aromatic nitrogens is 2. The average molecular weight is 413 g/mol. The molecule has 0 radical (unpaired) electrons. The first-order valence-electron chi connectivity index (χ1n) is 8.41. The summed E-state index contributed by atoms with van der Waals surface area (Å²) in [5.41, 5.74) is 2.19. The lowest BCUT2D eigenvalue weighted by atomic mass is 10.00. The maximum atomic E-state index is 13.0. The van der Waals surface area contributed by atoms with Crippen molar-refractivity contribution in [2.24, 2.45) is 0 Å². The molecule has 0 bridgehead atoms. The Kier molecular flexibility index (Phi) is 5.03. The molecule has 3 heterocycles. The number of fused-ring (bicyclic) bond motifs is 1. The number of carbonyl (C=O) groups is 1. The van der Waals surface area contributed by atoms with Crippen LogP contribution in [0.3, 0.4) is 0 Å². The highest BCUT2D eigenvalue weighted by molar-refractivity contribution is 6.36. The van der Waals surface area contributed by atoms with E-state index in [4.69, 9.17) is 32.4 Å². The van der Waals surface area contributed by atoms with Gasteiger partial charge in [0.05, 0.1) is 17.2 Å². The maximum Gasteiger partial charge on any atom is 0.177 e. The van der Waals surface area contributed by atoms with Gasteiger partial charge in [0.1, 0.15) is 5.69 Å². The molecule has 0 aliphatic carbocycles. The van der Waals surface area contributed by atoms with Crippen LogP contribution in [0.1, 0.15) is 15.9 Å². The summed E-state index contributed by atoms with van der Waals surface area (Å²) in [6.45, 7) is 0. The standard InChI is InChI=1S/C21H14Cl2N2O3/c1-27-19-6-5-12(18(26)8-14-15(22)10-24-11-16(14)23)13-9-20(28-21(13)19)17-4-2-3-7-25-17/h2-7,9-11H,8H2,1H3. The van der Waals surface area contributed by atoms with Gasteiger partial charge in [-0.2, -0.15) is 0 Å². The lowest BCUT2D eigenvalue weighted by molar-refractivity contribution is 0.0994. The summed E-state index contributed by atoms with van der Waals surface area (Å²) in [6.07, 6.45) is 4.67. The molecule has 7 heteroatoms. The van der Waals surface area contributed by atoms with Gasteiger partial charge in [0.15, 0.2) is 22.9 Å². The van der Waals surface area contributed by atoms with E-state index in [2.05, 4.69) is 9.97 Å². The Balaban J connectivity index is 1.81. The van der Waals surface area contributed by atoms with Crippen LogP contribution in [0.4, 0.5) is 0 Å². The Hall–Kier alpha value is -2.89. The van der Waals surface area contributed by atoms with Gasteiger partial charge in [-0.1, -0.05) is 29.3 Å². The summed E-state index contributed by atoms with van der Waals surface area (Å²) in [6, 6.07) is 10.7. The van der Waals surface area contributed by atoms with Crippen molar-refractivity contribution in [1.29, 1.82) is 0 Å². The number of hydrogen-bond acceptors (Lipinski definition) is 5. The van der Waals surface area contributed by atoms with E-state index in [1.807, 2.05) is 18.2 Å². The van der Waals surface area contributed by atoms with Crippen molar-refractivity contribution in [3.63, 3.8) is 0 Å². The summed E-state index contributed by atoms with van der Waals surface area (Å²) < 4.78 is 11.4. The number of halogens is 2. The van der Waals surface area contributed by atoms with Crippen molar-refractivity contribution in [3.05, 3.63) is 76.2 Å². The van der Waals surface area contributed by atoms with Gasteiger partial charge in [-0.15, -0.1) is 0 Å². The number of nitrogens with zero attached hydrogens (tertiary/aromatic N) is 2. The normalized spacial score (nSPS) is 11.0. The highest BCUT2D eigenvalue weighted by Crippen LogP contribution is 2.36. The van der Waals surface area contributed by atoms with E-state index in [0.717, 1.165) is 0 Å². The number of pyridine rings is 2. The number of rotatable bonds is 5. The molecule has 0 aliphatic heterocycles. The van der Waals surface area contributed by atoms with E-state index >= 15 is 0 Å². The molecule has 0 N–H and O–H groups in total. The number of benzene rings is 1. The van der Waals surface area contributed by atoms with Crippen LogP contribution < -0.4 is 4.74 Å². The van der Waals surface area contributed by atoms with Crippen LogP contribution in [0.2, 0.25) is 10.0 Å². The van der Waals surface area contributed by atoms with E-state index in [-0.39, 0.29) is 12.2 Å². The molecule has 1 aromatic carbocycles. The van der Waals surface area contributed by atoms with Crippen molar-refractivity contribution in [1.82, 2.24) is 9.97 Å². The quantitative estimate of drug-likeness (QED) is 0.397.